The van der Waals surface area contributed by atoms with Gasteiger partial charge in [-0.05, 0) is 43.5 Å². The summed E-state index contributed by atoms with van der Waals surface area (Å²) in [6.07, 6.45) is 4.73. The molecule has 2 heterocycles. The quantitative estimate of drug-likeness (QED) is 0.795. The summed E-state index contributed by atoms with van der Waals surface area (Å²) in [6, 6.07) is 14.7. The minimum Gasteiger partial charge on any atom is -0.282 e. The zero-order valence-electron chi connectivity index (χ0n) is 11.4. The van der Waals surface area contributed by atoms with Crippen LogP contribution < -0.4 is 0 Å². The van der Waals surface area contributed by atoms with Crippen molar-refractivity contribution in [2.75, 3.05) is 0 Å². The molecule has 0 N–H and O–H groups in total. The number of aromatic nitrogens is 1. The molecule has 2 aromatic rings. The largest absolute Gasteiger partial charge is 0.282 e. The highest BCUT2D eigenvalue weighted by molar-refractivity contribution is 6.02. The molecule has 0 spiro atoms. The van der Waals surface area contributed by atoms with Gasteiger partial charge in [0.1, 0.15) is 0 Å². The van der Waals surface area contributed by atoms with Crippen LogP contribution in [-0.4, -0.2) is 16.2 Å². The summed E-state index contributed by atoms with van der Waals surface area (Å²) in [5.74, 6) is 0.436. The number of pyridine rings is 1. The van der Waals surface area contributed by atoms with Crippen molar-refractivity contribution < 1.29 is 0 Å². The molecule has 0 amide bonds. The molecule has 19 heavy (non-hydrogen) atoms. The molecular formula is C17H18N2. The average Bonchev–Trinajstić information content (AvgIpc) is 2.77. The summed E-state index contributed by atoms with van der Waals surface area (Å²) in [5, 5.41) is 0. The smallest absolute Gasteiger partial charge is 0.0627 e. The molecule has 0 unspecified atom stereocenters. The van der Waals surface area contributed by atoms with E-state index in [0.29, 0.717) is 5.92 Å². The lowest BCUT2D eigenvalue weighted by molar-refractivity contribution is 0.452. The Kier molecular flexibility index (Phi) is 2.94. The number of benzene rings is 1. The second-order valence-corrected chi connectivity index (χ2v) is 5.62. The van der Waals surface area contributed by atoms with Gasteiger partial charge in [0.15, 0.2) is 0 Å². The summed E-state index contributed by atoms with van der Waals surface area (Å²) < 4.78 is 0. The monoisotopic (exact) mass is 250 g/mol. The maximum absolute atomic E-state index is 4.94. The number of aliphatic imine (C=N–C) groups is 1. The van der Waals surface area contributed by atoms with E-state index in [4.69, 9.17) is 4.99 Å². The normalized spacial score (nSPS) is 21.2. The number of hydrogen-bond donors (Lipinski definition) is 0. The van der Waals surface area contributed by atoms with Gasteiger partial charge in [-0.15, -0.1) is 0 Å². The Morgan fingerprint density at radius 3 is 2.37 bits per heavy atom. The van der Waals surface area contributed by atoms with E-state index in [2.05, 4.69) is 55.2 Å². The summed E-state index contributed by atoms with van der Waals surface area (Å²) in [6.45, 7) is 4.43. The van der Waals surface area contributed by atoms with Crippen molar-refractivity contribution in [1.82, 2.24) is 4.98 Å². The lowest BCUT2D eigenvalue weighted by Crippen LogP contribution is -2.22. The Morgan fingerprint density at radius 1 is 1.00 bits per heavy atom. The standard InChI is InChI=1S/C17H18N2/c1-17(2)15(13-8-10-18-11-9-13)12-16(19-17)14-6-4-3-5-7-14/h3-11,15H,12H2,1-2H3/t15-/m1/s1. The first kappa shape index (κ1) is 12.1. The third kappa shape index (κ3) is 2.30. The van der Waals surface area contributed by atoms with E-state index in [9.17, 15) is 0 Å². The van der Waals surface area contributed by atoms with E-state index in [1.54, 1.807) is 0 Å². The fourth-order valence-corrected chi connectivity index (χ4v) is 2.85. The highest BCUT2D eigenvalue weighted by Crippen LogP contribution is 2.40. The maximum atomic E-state index is 4.94. The van der Waals surface area contributed by atoms with Gasteiger partial charge in [0, 0.05) is 24.0 Å². The summed E-state index contributed by atoms with van der Waals surface area (Å²) in [5.41, 5.74) is 3.74. The molecular weight excluding hydrogens is 232 g/mol. The van der Waals surface area contributed by atoms with Crippen molar-refractivity contribution >= 4 is 5.71 Å². The lowest BCUT2D eigenvalue weighted by Gasteiger charge is -2.24. The van der Waals surface area contributed by atoms with Crippen molar-refractivity contribution in [3.63, 3.8) is 0 Å². The van der Waals surface area contributed by atoms with Gasteiger partial charge in [-0.25, -0.2) is 0 Å². The minimum absolute atomic E-state index is 0.0491. The molecule has 0 saturated heterocycles. The zero-order valence-corrected chi connectivity index (χ0v) is 11.4. The van der Waals surface area contributed by atoms with Crippen molar-refractivity contribution in [3.8, 4) is 0 Å². The van der Waals surface area contributed by atoms with Gasteiger partial charge in [0.25, 0.3) is 0 Å². The summed E-state index contributed by atoms with van der Waals surface area (Å²) in [7, 11) is 0. The third-order valence-electron chi connectivity index (χ3n) is 3.89. The molecule has 3 rings (SSSR count). The van der Waals surface area contributed by atoms with Gasteiger partial charge in [0.05, 0.1) is 5.54 Å². The summed E-state index contributed by atoms with van der Waals surface area (Å²) in [4.78, 5) is 9.05. The first-order valence-electron chi connectivity index (χ1n) is 6.71. The van der Waals surface area contributed by atoms with E-state index in [1.165, 1.54) is 16.8 Å². The van der Waals surface area contributed by atoms with Crippen molar-refractivity contribution in [1.29, 1.82) is 0 Å². The molecule has 1 aliphatic heterocycles. The first-order valence-corrected chi connectivity index (χ1v) is 6.71. The van der Waals surface area contributed by atoms with Crippen LogP contribution >= 0.6 is 0 Å². The summed E-state index contributed by atoms with van der Waals surface area (Å²) >= 11 is 0. The van der Waals surface area contributed by atoms with E-state index in [1.807, 2.05) is 18.5 Å². The Labute approximate surface area is 114 Å². The van der Waals surface area contributed by atoms with Crippen LogP contribution in [0, 0.1) is 0 Å². The van der Waals surface area contributed by atoms with Gasteiger partial charge in [0.2, 0.25) is 0 Å². The highest BCUT2D eigenvalue weighted by Gasteiger charge is 2.37. The number of hydrogen-bond acceptors (Lipinski definition) is 2. The molecule has 0 aliphatic carbocycles. The Hall–Kier alpha value is -1.96. The van der Waals surface area contributed by atoms with Crippen LogP contribution in [0.15, 0.2) is 59.9 Å². The van der Waals surface area contributed by atoms with E-state index < -0.39 is 0 Å². The second-order valence-electron chi connectivity index (χ2n) is 5.62. The zero-order chi connectivity index (χ0) is 13.3. The second kappa shape index (κ2) is 4.61. The van der Waals surface area contributed by atoms with Crippen LogP contribution in [0.5, 0.6) is 0 Å². The van der Waals surface area contributed by atoms with Crippen LogP contribution in [0.1, 0.15) is 37.3 Å². The Balaban J connectivity index is 1.93. The predicted octanol–water partition coefficient (Wildman–Crippen LogP) is 3.84. The minimum atomic E-state index is -0.0491. The van der Waals surface area contributed by atoms with E-state index in [-0.39, 0.29) is 5.54 Å². The number of rotatable bonds is 2. The Morgan fingerprint density at radius 2 is 1.68 bits per heavy atom. The van der Waals surface area contributed by atoms with Crippen LogP contribution in [0.2, 0.25) is 0 Å². The van der Waals surface area contributed by atoms with Crippen molar-refractivity contribution in [2.24, 2.45) is 4.99 Å². The SMILES string of the molecule is CC1(C)N=C(c2ccccc2)C[C@@H]1c1ccncc1. The fourth-order valence-electron chi connectivity index (χ4n) is 2.85. The highest BCUT2D eigenvalue weighted by atomic mass is 14.9. The molecule has 0 fully saturated rings. The van der Waals surface area contributed by atoms with Crippen molar-refractivity contribution in [3.05, 3.63) is 66.0 Å². The van der Waals surface area contributed by atoms with Gasteiger partial charge in [-0.2, -0.15) is 0 Å². The number of nitrogens with zero attached hydrogens (tertiary/aromatic N) is 2. The molecule has 0 radical (unpaired) electrons. The maximum Gasteiger partial charge on any atom is 0.0627 e. The first-order chi connectivity index (χ1) is 9.17. The van der Waals surface area contributed by atoms with Crippen LogP contribution in [0.3, 0.4) is 0 Å². The lowest BCUT2D eigenvalue weighted by atomic mass is 9.82. The molecule has 1 aromatic heterocycles. The van der Waals surface area contributed by atoms with Crippen LogP contribution in [0.4, 0.5) is 0 Å². The fraction of sp³-hybridized carbons (Fsp3) is 0.294. The van der Waals surface area contributed by atoms with E-state index >= 15 is 0 Å². The molecule has 1 atom stereocenters. The van der Waals surface area contributed by atoms with Gasteiger partial charge < -0.3 is 0 Å². The van der Waals surface area contributed by atoms with Gasteiger partial charge >= 0.3 is 0 Å². The van der Waals surface area contributed by atoms with Gasteiger partial charge in [-0.1, -0.05) is 30.3 Å². The molecule has 1 aliphatic rings. The average molecular weight is 250 g/mol. The van der Waals surface area contributed by atoms with Crippen LogP contribution in [-0.2, 0) is 0 Å². The molecule has 1 aromatic carbocycles. The predicted molar refractivity (Wildman–Crippen MR) is 78.7 cm³/mol. The molecule has 2 nitrogen and oxygen atoms in total. The molecule has 0 bridgehead atoms. The Bertz CT molecular complexity index is 585. The topological polar surface area (TPSA) is 25.2 Å². The molecule has 2 heteroatoms. The molecule has 96 valence electrons. The van der Waals surface area contributed by atoms with Gasteiger partial charge in [-0.3, -0.25) is 9.98 Å². The third-order valence-corrected chi connectivity index (χ3v) is 3.89. The molecule has 0 saturated carbocycles. The van der Waals surface area contributed by atoms with E-state index in [0.717, 1.165) is 6.42 Å². The van der Waals surface area contributed by atoms with Crippen molar-refractivity contribution in [2.45, 2.75) is 31.7 Å². The van der Waals surface area contributed by atoms with Crippen LogP contribution in [0.25, 0.3) is 0 Å².